The molecule has 0 aromatic rings. The summed E-state index contributed by atoms with van der Waals surface area (Å²) < 4.78 is 10.1. The predicted octanol–water partition coefficient (Wildman–Crippen LogP) is 1.22. The van der Waals surface area contributed by atoms with E-state index in [2.05, 4.69) is 0 Å². The van der Waals surface area contributed by atoms with E-state index in [1.54, 1.807) is 0 Å². The van der Waals surface area contributed by atoms with Crippen LogP contribution < -0.4 is 0 Å². The molecule has 0 saturated carbocycles. The first-order chi connectivity index (χ1) is 4.81. The Hall–Kier alpha value is -0.410. The van der Waals surface area contributed by atoms with Gasteiger partial charge < -0.3 is 14.3 Å². The quantitative estimate of drug-likeness (QED) is 0.562. The first-order valence-electron chi connectivity index (χ1n) is 3.33. The number of ether oxygens (including phenoxy) is 2. The minimum absolute atomic E-state index is 0.0370. The molecule has 0 amide bonds. The summed E-state index contributed by atoms with van der Waals surface area (Å²) in [5.41, 5.74) is 0. The lowest BCUT2D eigenvalue weighted by Gasteiger charge is -2.09. The zero-order chi connectivity index (χ0) is 8.41. The lowest BCUT2D eigenvalue weighted by atomic mass is 10.7. The van der Waals surface area contributed by atoms with Crippen molar-refractivity contribution in [3.8, 4) is 0 Å². The molecule has 62 valence electrons. The van der Waals surface area contributed by atoms with Crippen LogP contribution in [-0.2, 0) is 14.3 Å². The molecule has 0 atom stereocenters. The molecule has 0 unspecified atom stereocenters. The number of hydrogen-bond acceptors (Lipinski definition) is 3. The van der Waals surface area contributed by atoms with E-state index in [0.29, 0.717) is 0 Å². The molecule has 0 fully saturated rings. The summed E-state index contributed by atoms with van der Waals surface area (Å²) in [5.74, 6) is 0. The zero-order valence-electron chi connectivity index (χ0n) is 6.92. The third-order valence-electron chi connectivity index (χ3n) is 0.803. The van der Waals surface area contributed by atoms with Crippen LogP contribution in [0.15, 0.2) is 0 Å². The standard InChI is InChI=1S/C6H14O2.CH2O/c1-4-7-6(3)8-5-2;1-2/h6H,4-5H2,1-3H3;1H2. The Morgan fingerprint density at radius 3 is 1.70 bits per heavy atom. The van der Waals surface area contributed by atoms with Gasteiger partial charge in [0.15, 0.2) is 6.29 Å². The molecule has 0 aliphatic carbocycles. The number of carbonyl (C=O) groups excluding carboxylic acids is 1. The van der Waals surface area contributed by atoms with Crippen LogP contribution in [-0.4, -0.2) is 26.3 Å². The lowest BCUT2D eigenvalue weighted by Crippen LogP contribution is -2.11. The highest BCUT2D eigenvalue weighted by Gasteiger charge is 1.94. The molecule has 0 heterocycles. The van der Waals surface area contributed by atoms with E-state index < -0.39 is 0 Å². The van der Waals surface area contributed by atoms with Crippen LogP contribution in [0.1, 0.15) is 20.8 Å². The lowest BCUT2D eigenvalue weighted by molar-refractivity contribution is -0.123. The van der Waals surface area contributed by atoms with Crippen LogP contribution in [0.5, 0.6) is 0 Å². The number of carbonyl (C=O) groups is 1. The van der Waals surface area contributed by atoms with E-state index in [1.165, 1.54) is 0 Å². The molecular formula is C7H16O3. The molecule has 0 aliphatic rings. The minimum Gasteiger partial charge on any atom is -0.353 e. The van der Waals surface area contributed by atoms with E-state index in [0.717, 1.165) is 13.2 Å². The fraction of sp³-hybridized carbons (Fsp3) is 0.857. The van der Waals surface area contributed by atoms with Gasteiger partial charge in [0, 0.05) is 13.2 Å². The maximum Gasteiger partial charge on any atom is 0.154 e. The summed E-state index contributed by atoms with van der Waals surface area (Å²) in [5, 5.41) is 0. The van der Waals surface area contributed by atoms with Crippen LogP contribution in [0.2, 0.25) is 0 Å². The van der Waals surface area contributed by atoms with Gasteiger partial charge in [-0.05, 0) is 20.8 Å². The van der Waals surface area contributed by atoms with Gasteiger partial charge in [0.1, 0.15) is 6.79 Å². The second kappa shape index (κ2) is 11.4. The predicted molar refractivity (Wildman–Crippen MR) is 39.8 cm³/mol. The molecule has 0 radical (unpaired) electrons. The van der Waals surface area contributed by atoms with E-state index in [1.807, 2.05) is 27.6 Å². The van der Waals surface area contributed by atoms with E-state index in [9.17, 15) is 0 Å². The molecule has 0 spiro atoms. The van der Waals surface area contributed by atoms with Crippen LogP contribution in [0.4, 0.5) is 0 Å². The topological polar surface area (TPSA) is 35.5 Å². The van der Waals surface area contributed by atoms with Gasteiger partial charge in [-0.2, -0.15) is 0 Å². The average molecular weight is 148 g/mol. The fourth-order valence-corrected chi connectivity index (χ4v) is 0.518. The van der Waals surface area contributed by atoms with Gasteiger partial charge in [-0.25, -0.2) is 0 Å². The molecule has 0 aliphatic heterocycles. The molecule has 3 heteroatoms. The van der Waals surface area contributed by atoms with Crippen LogP contribution in [0.3, 0.4) is 0 Å². The first kappa shape index (κ1) is 12.3. The third-order valence-corrected chi connectivity index (χ3v) is 0.803. The third kappa shape index (κ3) is 10.5. The van der Waals surface area contributed by atoms with E-state index >= 15 is 0 Å². The van der Waals surface area contributed by atoms with Crippen molar-refractivity contribution in [1.29, 1.82) is 0 Å². The molecule has 10 heavy (non-hydrogen) atoms. The Bertz CT molecular complexity index is 50.8. The molecule has 0 saturated heterocycles. The van der Waals surface area contributed by atoms with Gasteiger partial charge in [0.05, 0.1) is 0 Å². The van der Waals surface area contributed by atoms with Gasteiger partial charge in [0.2, 0.25) is 0 Å². The SMILES string of the molecule is C=O.CCOC(C)OCC. The van der Waals surface area contributed by atoms with Gasteiger partial charge in [-0.1, -0.05) is 0 Å². The Balaban J connectivity index is 0. The maximum atomic E-state index is 8.00. The molecular weight excluding hydrogens is 132 g/mol. The fourth-order valence-electron chi connectivity index (χ4n) is 0.518. The summed E-state index contributed by atoms with van der Waals surface area (Å²) >= 11 is 0. The Kier molecular flexibility index (Phi) is 14.0. The molecule has 3 nitrogen and oxygen atoms in total. The van der Waals surface area contributed by atoms with Crippen molar-refractivity contribution in [3.05, 3.63) is 0 Å². The Labute approximate surface area is 62.3 Å². The average Bonchev–Trinajstić information content (AvgIpc) is 1.93. The minimum atomic E-state index is -0.0370. The van der Waals surface area contributed by atoms with Gasteiger partial charge in [-0.3, -0.25) is 0 Å². The highest BCUT2D eigenvalue weighted by atomic mass is 16.7. The zero-order valence-corrected chi connectivity index (χ0v) is 6.92. The molecule has 0 N–H and O–H groups in total. The molecule has 0 rings (SSSR count). The maximum absolute atomic E-state index is 8.00. The van der Waals surface area contributed by atoms with Gasteiger partial charge >= 0.3 is 0 Å². The molecule has 0 bridgehead atoms. The van der Waals surface area contributed by atoms with Crippen LogP contribution >= 0.6 is 0 Å². The smallest absolute Gasteiger partial charge is 0.154 e. The van der Waals surface area contributed by atoms with E-state index in [-0.39, 0.29) is 6.29 Å². The number of hydrogen-bond donors (Lipinski definition) is 0. The largest absolute Gasteiger partial charge is 0.353 e. The second-order valence-electron chi connectivity index (χ2n) is 1.48. The second-order valence-corrected chi connectivity index (χ2v) is 1.48. The molecule has 0 aromatic carbocycles. The monoisotopic (exact) mass is 148 g/mol. The van der Waals surface area contributed by atoms with Gasteiger partial charge in [-0.15, -0.1) is 0 Å². The van der Waals surface area contributed by atoms with E-state index in [4.69, 9.17) is 14.3 Å². The Morgan fingerprint density at radius 1 is 1.20 bits per heavy atom. The van der Waals surface area contributed by atoms with Crippen molar-refractivity contribution in [2.75, 3.05) is 13.2 Å². The van der Waals surface area contributed by atoms with Crippen LogP contribution in [0.25, 0.3) is 0 Å². The summed E-state index contributed by atoms with van der Waals surface area (Å²) in [7, 11) is 0. The van der Waals surface area contributed by atoms with Crippen molar-refractivity contribution in [1.82, 2.24) is 0 Å². The van der Waals surface area contributed by atoms with Crippen molar-refractivity contribution < 1.29 is 14.3 Å². The Morgan fingerprint density at radius 2 is 1.50 bits per heavy atom. The van der Waals surface area contributed by atoms with Crippen LogP contribution in [0, 0.1) is 0 Å². The first-order valence-corrected chi connectivity index (χ1v) is 3.33. The summed E-state index contributed by atoms with van der Waals surface area (Å²) in [6.07, 6.45) is -0.0370. The van der Waals surface area contributed by atoms with Crippen molar-refractivity contribution in [2.45, 2.75) is 27.1 Å². The highest BCUT2D eigenvalue weighted by Crippen LogP contribution is 1.90. The van der Waals surface area contributed by atoms with Crippen molar-refractivity contribution >= 4 is 6.79 Å². The van der Waals surface area contributed by atoms with Crippen molar-refractivity contribution in [2.24, 2.45) is 0 Å². The van der Waals surface area contributed by atoms with Gasteiger partial charge in [0.25, 0.3) is 0 Å². The summed E-state index contributed by atoms with van der Waals surface area (Å²) in [6, 6.07) is 0. The summed E-state index contributed by atoms with van der Waals surface area (Å²) in [4.78, 5) is 8.00. The number of rotatable bonds is 4. The highest BCUT2D eigenvalue weighted by molar-refractivity contribution is 5.10. The normalized spacial score (nSPS) is 8.80. The summed E-state index contributed by atoms with van der Waals surface area (Å²) in [6.45, 7) is 9.25. The molecule has 0 aromatic heterocycles. The van der Waals surface area contributed by atoms with Crippen molar-refractivity contribution in [3.63, 3.8) is 0 Å².